The SMILES string of the molecule is COc1cc2c(cc1OC)CC(NC(C1CC1)C1CC1)CC2. The Morgan fingerprint density at radius 1 is 0.909 bits per heavy atom. The highest BCUT2D eigenvalue weighted by Gasteiger charge is 2.42. The molecule has 1 aromatic rings. The number of rotatable bonds is 6. The number of ether oxygens (including phenoxy) is 2. The summed E-state index contributed by atoms with van der Waals surface area (Å²) in [6.45, 7) is 0. The quantitative estimate of drug-likeness (QED) is 0.874. The Balaban J connectivity index is 1.48. The summed E-state index contributed by atoms with van der Waals surface area (Å²) in [5.41, 5.74) is 2.87. The van der Waals surface area contributed by atoms with Crippen LogP contribution >= 0.6 is 0 Å². The summed E-state index contributed by atoms with van der Waals surface area (Å²) in [7, 11) is 3.44. The zero-order valence-corrected chi connectivity index (χ0v) is 13.7. The molecule has 2 saturated carbocycles. The van der Waals surface area contributed by atoms with Crippen molar-refractivity contribution in [3.63, 3.8) is 0 Å². The molecule has 0 aromatic heterocycles. The largest absolute Gasteiger partial charge is 0.493 e. The standard InChI is InChI=1S/C19H27NO2/c1-21-17-10-14-7-8-16(9-15(14)11-18(17)22-2)20-19(12-3-4-12)13-5-6-13/h10-13,16,19-20H,3-9H2,1-2H3. The molecule has 4 rings (SSSR count). The van der Waals surface area contributed by atoms with E-state index in [1.54, 1.807) is 14.2 Å². The minimum Gasteiger partial charge on any atom is -0.493 e. The van der Waals surface area contributed by atoms with E-state index in [1.165, 1.54) is 43.2 Å². The van der Waals surface area contributed by atoms with Crippen LogP contribution in [0.1, 0.15) is 43.2 Å². The first-order valence-electron chi connectivity index (χ1n) is 8.78. The molecule has 3 aliphatic carbocycles. The van der Waals surface area contributed by atoms with Crippen LogP contribution in [0.15, 0.2) is 12.1 Å². The van der Waals surface area contributed by atoms with Gasteiger partial charge in [-0.15, -0.1) is 0 Å². The smallest absolute Gasteiger partial charge is 0.161 e. The molecule has 0 saturated heterocycles. The van der Waals surface area contributed by atoms with Crippen LogP contribution in [0.3, 0.4) is 0 Å². The molecule has 1 atom stereocenters. The van der Waals surface area contributed by atoms with Crippen LogP contribution in [0.2, 0.25) is 0 Å². The number of methoxy groups -OCH3 is 2. The summed E-state index contributed by atoms with van der Waals surface area (Å²) < 4.78 is 10.9. The minimum atomic E-state index is 0.636. The Labute approximate surface area is 133 Å². The number of aryl methyl sites for hydroxylation is 1. The number of fused-ring (bicyclic) bond motifs is 1. The van der Waals surface area contributed by atoms with Crippen LogP contribution < -0.4 is 14.8 Å². The molecule has 2 fully saturated rings. The lowest BCUT2D eigenvalue weighted by Crippen LogP contribution is -2.44. The summed E-state index contributed by atoms with van der Waals surface area (Å²) in [5, 5.41) is 4.01. The van der Waals surface area contributed by atoms with Gasteiger partial charge in [0.1, 0.15) is 0 Å². The van der Waals surface area contributed by atoms with Crippen molar-refractivity contribution in [2.45, 2.75) is 57.0 Å². The van der Waals surface area contributed by atoms with Gasteiger partial charge in [0, 0.05) is 12.1 Å². The van der Waals surface area contributed by atoms with Crippen LogP contribution in [0.5, 0.6) is 11.5 Å². The van der Waals surface area contributed by atoms with E-state index < -0.39 is 0 Å². The molecule has 3 heteroatoms. The summed E-state index contributed by atoms with van der Waals surface area (Å²) in [4.78, 5) is 0. The fraction of sp³-hybridized carbons (Fsp3) is 0.684. The molecule has 3 aliphatic rings. The fourth-order valence-corrected chi connectivity index (χ4v) is 4.07. The number of hydrogen-bond donors (Lipinski definition) is 1. The second-order valence-electron chi connectivity index (χ2n) is 7.28. The van der Waals surface area contributed by atoms with Crippen LogP contribution in [0.4, 0.5) is 0 Å². The molecule has 0 aliphatic heterocycles. The van der Waals surface area contributed by atoms with Gasteiger partial charge >= 0.3 is 0 Å². The Hall–Kier alpha value is -1.22. The molecule has 22 heavy (non-hydrogen) atoms. The lowest BCUT2D eigenvalue weighted by molar-refractivity contribution is 0.334. The Kier molecular flexibility index (Phi) is 3.77. The molecular weight excluding hydrogens is 274 g/mol. The Morgan fingerprint density at radius 2 is 1.50 bits per heavy atom. The van der Waals surface area contributed by atoms with E-state index in [0.717, 1.165) is 42.2 Å². The molecule has 1 N–H and O–H groups in total. The van der Waals surface area contributed by atoms with E-state index in [9.17, 15) is 0 Å². The number of hydrogen-bond acceptors (Lipinski definition) is 3. The molecule has 0 bridgehead atoms. The van der Waals surface area contributed by atoms with Gasteiger partial charge in [-0.1, -0.05) is 0 Å². The number of benzene rings is 1. The van der Waals surface area contributed by atoms with Crippen LogP contribution in [0, 0.1) is 11.8 Å². The number of nitrogens with one attached hydrogen (secondary N) is 1. The lowest BCUT2D eigenvalue weighted by atomic mass is 9.87. The lowest BCUT2D eigenvalue weighted by Gasteiger charge is -2.30. The maximum Gasteiger partial charge on any atom is 0.161 e. The van der Waals surface area contributed by atoms with E-state index in [1.807, 2.05) is 0 Å². The second kappa shape index (κ2) is 5.77. The summed E-state index contributed by atoms with van der Waals surface area (Å²) in [5.74, 6) is 3.67. The van der Waals surface area contributed by atoms with Crippen molar-refractivity contribution in [2.75, 3.05) is 14.2 Å². The molecule has 0 spiro atoms. The Bertz CT molecular complexity index is 537. The van der Waals surface area contributed by atoms with Crippen LogP contribution in [-0.2, 0) is 12.8 Å². The molecule has 0 radical (unpaired) electrons. The van der Waals surface area contributed by atoms with Crippen molar-refractivity contribution in [1.29, 1.82) is 0 Å². The van der Waals surface area contributed by atoms with Gasteiger partial charge < -0.3 is 14.8 Å². The molecule has 1 unspecified atom stereocenters. The average Bonchev–Trinajstić information content (AvgIpc) is 3.43. The van der Waals surface area contributed by atoms with Crippen molar-refractivity contribution >= 4 is 0 Å². The van der Waals surface area contributed by atoms with Crippen molar-refractivity contribution in [2.24, 2.45) is 11.8 Å². The topological polar surface area (TPSA) is 30.5 Å². The van der Waals surface area contributed by atoms with Gasteiger partial charge in [0.05, 0.1) is 14.2 Å². The van der Waals surface area contributed by atoms with Crippen molar-refractivity contribution in [3.8, 4) is 11.5 Å². The normalized spacial score (nSPS) is 24.2. The van der Waals surface area contributed by atoms with Gasteiger partial charge in [-0.2, -0.15) is 0 Å². The van der Waals surface area contributed by atoms with E-state index in [0.29, 0.717) is 6.04 Å². The monoisotopic (exact) mass is 301 g/mol. The third-order valence-corrected chi connectivity index (χ3v) is 5.62. The van der Waals surface area contributed by atoms with Crippen molar-refractivity contribution in [3.05, 3.63) is 23.3 Å². The molecule has 120 valence electrons. The third kappa shape index (κ3) is 2.83. The Morgan fingerprint density at radius 3 is 2.05 bits per heavy atom. The van der Waals surface area contributed by atoms with E-state index in [4.69, 9.17) is 9.47 Å². The van der Waals surface area contributed by atoms with Gasteiger partial charge in [-0.3, -0.25) is 0 Å². The molecule has 1 aromatic carbocycles. The van der Waals surface area contributed by atoms with Crippen molar-refractivity contribution < 1.29 is 9.47 Å². The first-order chi connectivity index (χ1) is 10.8. The molecule has 0 amide bonds. The first-order valence-corrected chi connectivity index (χ1v) is 8.78. The van der Waals surface area contributed by atoms with Gasteiger partial charge in [0.15, 0.2) is 11.5 Å². The second-order valence-corrected chi connectivity index (χ2v) is 7.28. The zero-order chi connectivity index (χ0) is 15.1. The van der Waals surface area contributed by atoms with Crippen LogP contribution in [0.25, 0.3) is 0 Å². The third-order valence-electron chi connectivity index (χ3n) is 5.62. The average molecular weight is 301 g/mol. The van der Waals surface area contributed by atoms with Gasteiger partial charge in [-0.05, 0) is 80.0 Å². The van der Waals surface area contributed by atoms with Gasteiger partial charge in [0.2, 0.25) is 0 Å². The maximum absolute atomic E-state index is 5.47. The highest BCUT2D eigenvalue weighted by Crippen LogP contribution is 2.45. The van der Waals surface area contributed by atoms with E-state index >= 15 is 0 Å². The fourth-order valence-electron chi connectivity index (χ4n) is 4.07. The zero-order valence-electron chi connectivity index (χ0n) is 13.7. The molecule has 3 nitrogen and oxygen atoms in total. The first kappa shape index (κ1) is 14.4. The van der Waals surface area contributed by atoms with E-state index in [-0.39, 0.29) is 0 Å². The highest BCUT2D eigenvalue weighted by molar-refractivity contribution is 5.48. The van der Waals surface area contributed by atoms with Crippen LogP contribution in [-0.4, -0.2) is 26.3 Å². The van der Waals surface area contributed by atoms with Crippen molar-refractivity contribution in [1.82, 2.24) is 5.32 Å². The van der Waals surface area contributed by atoms with Gasteiger partial charge in [0.25, 0.3) is 0 Å². The molecule has 0 heterocycles. The predicted octanol–water partition coefficient (Wildman–Crippen LogP) is 3.34. The summed E-state index contributed by atoms with van der Waals surface area (Å²) in [6.07, 6.45) is 9.31. The van der Waals surface area contributed by atoms with E-state index in [2.05, 4.69) is 17.4 Å². The molecular formula is C19H27NO2. The predicted molar refractivity (Wildman–Crippen MR) is 87.7 cm³/mol. The maximum atomic E-state index is 5.47. The summed E-state index contributed by atoms with van der Waals surface area (Å²) >= 11 is 0. The van der Waals surface area contributed by atoms with Gasteiger partial charge in [-0.25, -0.2) is 0 Å². The minimum absolute atomic E-state index is 0.636. The highest BCUT2D eigenvalue weighted by atomic mass is 16.5. The summed E-state index contributed by atoms with van der Waals surface area (Å²) in [6, 6.07) is 5.79.